The fourth-order valence-corrected chi connectivity index (χ4v) is 2.91. The second-order valence-electron chi connectivity index (χ2n) is 5.22. The lowest BCUT2D eigenvalue weighted by Gasteiger charge is -2.31. The van der Waals surface area contributed by atoms with Crippen LogP contribution in [0.1, 0.15) is 30.3 Å². The van der Waals surface area contributed by atoms with Gasteiger partial charge in [0.2, 0.25) is 0 Å². The van der Waals surface area contributed by atoms with Gasteiger partial charge >= 0.3 is 0 Å². The highest BCUT2D eigenvalue weighted by Crippen LogP contribution is 2.42. The van der Waals surface area contributed by atoms with Crippen molar-refractivity contribution in [3.63, 3.8) is 0 Å². The van der Waals surface area contributed by atoms with Crippen molar-refractivity contribution in [1.82, 2.24) is 10.6 Å². The Morgan fingerprint density at radius 2 is 1.70 bits per heavy atom. The zero-order valence-corrected chi connectivity index (χ0v) is 11.3. The van der Waals surface area contributed by atoms with Crippen LogP contribution in [0.3, 0.4) is 0 Å². The number of rotatable bonds is 1. The van der Waals surface area contributed by atoms with Gasteiger partial charge in [-0.15, -0.1) is 0 Å². The third-order valence-electron chi connectivity index (χ3n) is 3.91. The van der Waals surface area contributed by atoms with Crippen molar-refractivity contribution in [3.05, 3.63) is 77.2 Å². The number of ether oxygens (including phenoxy) is 1. The Balaban J connectivity index is 1.74. The average Bonchev–Trinajstić information content (AvgIpc) is 2.88. The first-order valence-corrected chi connectivity index (χ1v) is 6.88. The molecule has 0 bridgehead atoms. The summed E-state index contributed by atoms with van der Waals surface area (Å²) in [6, 6.07) is 18.8. The summed E-state index contributed by atoms with van der Waals surface area (Å²) in [7, 11) is 0. The Bertz CT molecular complexity index is 678. The topological polar surface area (TPSA) is 33.3 Å². The van der Waals surface area contributed by atoms with Gasteiger partial charge < -0.3 is 10.1 Å². The van der Waals surface area contributed by atoms with Crippen LogP contribution in [0.2, 0.25) is 0 Å². The summed E-state index contributed by atoms with van der Waals surface area (Å²) in [5, 5.41) is 7.11. The molecule has 2 aliphatic rings. The van der Waals surface area contributed by atoms with Crippen LogP contribution in [0, 0.1) is 0 Å². The van der Waals surface area contributed by atoms with E-state index in [1.54, 1.807) is 0 Å². The lowest BCUT2D eigenvalue weighted by atomic mass is 10.0. The lowest BCUT2D eigenvalue weighted by molar-refractivity contribution is 0.324. The largest absolute Gasteiger partial charge is 0.458 e. The van der Waals surface area contributed by atoms with Gasteiger partial charge in [0, 0.05) is 5.56 Å². The van der Waals surface area contributed by atoms with Crippen LogP contribution in [0.4, 0.5) is 0 Å². The van der Waals surface area contributed by atoms with E-state index in [-0.39, 0.29) is 12.2 Å². The van der Waals surface area contributed by atoms with Crippen LogP contribution >= 0.6 is 0 Å². The molecule has 2 N–H and O–H groups in total. The first-order chi connectivity index (χ1) is 9.83. The van der Waals surface area contributed by atoms with E-state index in [4.69, 9.17) is 4.74 Å². The first kappa shape index (κ1) is 11.6. The second-order valence-corrected chi connectivity index (χ2v) is 5.22. The molecule has 0 saturated carbocycles. The molecule has 2 heterocycles. The van der Waals surface area contributed by atoms with Gasteiger partial charge in [-0.2, -0.15) is 0 Å². The molecule has 0 aliphatic carbocycles. The number of benzene rings is 2. The van der Waals surface area contributed by atoms with Crippen molar-refractivity contribution >= 4 is 0 Å². The molecular formula is C17H16N2O. The van der Waals surface area contributed by atoms with Crippen LogP contribution in [0.15, 0.2) is 66.1 Å². The van der Waals surface area contributed by atoms with Crippen LogP contribution in [-0.2, 0) is 0 Å². The standard InChI is InChI=1S/C17H16N2O/c1-11-16-15(13-9-5-6-10-14(13)20-16)19-17(18-11)12-7-3-2-4-8-12/h2-10,15,17-19H,1H3. The third-order valence-corrected chi connectivity index (χ3v) is 3.91. The predicted octanol–water partition coefficient (Wildman–Crippen LogP) is 3.24. The van der Waals surface area contributed by atoms with Crippen molar-refractivity contribution < 1.29 is 4.74 Å². The summed E-state index contributed by atoms with van der Waals surface area (Å²) in [4.78, 5) is 0. The maximum atomic E-state index is 5.96. The van der Waals surface area contributed by atoms with E-state index >= 15 is 0 Å². The molecule has 0 saturated heterocycles. The van der Waals surface area contributed by atoms with E-state index in [1.165, 1.54) is 11.1 Å². The summed E-state index contributed by atoms with van der Waals surface area (Å²) in [6.45, 7) is 2.07. The zero-order valence-electron chi connectivity index (χ0n) is 11.3. The van der Waals surface area contributed by atoms with E-state index < -0.39 is 0 Å². The van der Waals surface area contributed by atoms with Crippen LogP contribution in [0.25, 0.3) is 0 Å². The Morgan fingerprint density at radius 1 is 0.950 bits per heavy atom. The van der Waals surface area contributed by atoms with Crippen LogP contribution in [-0.4, -0.2) is 0 Å². The molecule has 0 amide bonds. The highest BCUT2D eigenvalue weighted by atomic mass is 16.5. The summed E-state index contributed by atoms with van der Waals surface area (Å²) in [5.74, 6) is 1.94. The maximum Gasteiger partial charge on any atom is 0.144 e. The molecule has 4 rings (SSSR count). The molecule has 0 fully saturated rings. The fraction of sp³-hybridized carbons (Fsp3) is 0.176. The van der Waals surface area contributed by atoms with E-state index in [0.717, 1.165) is 17.2 Å². The molecule has 3 nitrogen and oxygen atoms in total. The van der Waals surface area contributed by atoms with Gasteiger partial charge in [-0.1, -0.05) is 48.5 Å². The minimum atomic E-state index is 0.111. The summed E-state index contributed by atoms with van der Waals surface area (Å²) in [6.07, 6.45) is 0.111. The molecule has 20 heavy (non-hydrogen) atoms. The highest BCUT2D eigenvalue weighted by molar-refractivity contribution is 5.47. The van der Waals surface area contributed by atoms with Gasteiger partial charge in [0.05, 0.1) is 11.7 Å². The van der Waals surface area contributed by atoms with Gasteiger partial charge in [-0.3, -0.25) is 5.32 Å². The zero-order chi connectivity index (χ0) is 13.5. The molecule has 0 spiro atoms. The molecule has 100 valence electrons. The van der Waals surface area contributed by atoms with E-state index in [0.29, 0.717) is 0 Å². The van der Waals surface area contributed by atoms with Gasteiger partial charge in [-0.05, 0) is 18.6 Å². The number of hydrogen-bond acceptors (Lipinski definition) is 3. The number of nitrogens with one attached hydrogen (secondary N) is 2. The van der Waals surface area contributed by atoms with Crippen LogP contribution < -0.4 is 15.4 Å². The SMILES string of the molecule is CC1=C2Oc3ccccc3C2NC(c2ccccc2)N1. The van der Waals surface area contributed by atoms with E-state index in [2.05, 4.69) is 54.0 Å². The first-order valence-electron chi connectivity index (χ1n) is 6.88. The summed E-state index contributed by atoms with van der Waals surface area (Å²) < 4.78 is 5.96. The van der Waals surface area contributed by atoms with Crippen molar-refractivity contribution in [2.24, 2.45) is 0 Å². The number of fused-ring (bicyclic) bond motifs is 3. The summed E-state index contributed by atoms with van der Waals surface area (Å²) >= 11 is 0. The second kappa shape index (κ2) is 4.39. The average molecular weight is 264 g/mol. The fourth-order valence-electron chi connectivity index (χ4n) is 2.91. The van der Waals surface area contributed by atoms with E-state index in [9.17, 15) is 0 Å². The molecular weight excluding hydrogens is 248 g/mol. The van der Waals surface area contributed by atoms with Gasteiger partial charge in [0.15, 0.2) is 0 Å². The third kappa shape index (κ3) is 1.71. The molecule has 2 atom stereocenters. The molecule has 3 heteroatoms. The quantitative estimate of drug-likeness (QED) is 0.829. The molecule has 2 unspecified atom stereocenters. The van der Waals surface area contributed by atoms with Gasteiger partial charge in [0.1, 0.15) is 17.7 Å². The Morgan fingerprint density at radius 3 is 2.55 bits per heavy atom. The molecule has 2 aromatic carbocycles. The lowest BCUT2D eigenvalue weighted by Crippen LogP contribution is -2.41. The normalized spacial score (nSPS) is 23.6. The molecule has 0 aromatic heterocycles. The molecule has 0 radical (unpaired) electrons. The smallest absolute Gasteiger partial charge is 0.144 e. The predicted molar refractivity (Wildman–Crippen MR) is 78.0 cm³/mol. The Hall–Kier alpha value is -2.26. The number of para-hydroxylation sites is 1. The molecule has 2 aromatic rings. The minimum absolute atomic E-state index is 0.111. The Labute approximate surface area is 118 Å². The van der Waals surface area contributed by atoms with Gasteiger partial charge in [0.25, 0.3) is 0 Å². The minimum Gasteiger partial charge on any atom is -0.458 e. The van der Waals surface area contributed by atoms with Crippen molar-refractivity contribution in [1.29, 1.82) is 0 Å². The van der Waals surface area contributed by atoms with Crippen LogP contribution in [0.5, 0.6) is 5.75 Å². The number of allylic oxidation sites excluding steroid dienone is 1. The number of hydrogen-bond donors (Lipinski definition) is 2. The highest BCUT2D eigenvalue weighted by Gasteiger charge is 2.36. The monoisotopic (exact) mass is 264 g/mol. The summed E-state index contributed by atoms with van der Waals surface area (Å²) in [5.41, 5.74) is 3.54. The van der Waals surface area contributed by atoms with Gasteiger partial charge in [-0.25, -0.2) is 0 Å². The van der Waals surface area contributed by atoms with Crippen molar-refractivity contribution in [2.45, 2.75) is 19.1 Å². The Kier molecular flexibility index (Phi) is 2.54. The van der Waals surface area contributed by atoms with E-state index in [1.807, 2.05) is 18.2 Å². The van der Waals surface area contributed by atoms with Crippen molar-refractivity contribution in [2.75, 3.05) is 0 Å². The molecule has 2 aliphatic heterocycles. The van der Waals surface area contributed by atoms with Crippen molar-refractivity contribution in [3.8, 4) is 5.75 Å². The maximum absolute atomic E-state index is 5.96.